The lowest BCUT2D eigenvalue weighted by Crippen LogP contribution is -2.28. The molecule has 1 aliphatic carbocycles. The Labute approximate surface area is 131 Å². The topological polar surface area (TPSA) is 84.2 Å². The molecule has 0 unspecified atom stereocenters. The maximum absolute atomic E-state index is 12.1. The van der Waals surface area contributed by atoms with Gasteiger partial charge in [-0.1, -0.05) is 19.4 Å². The highest BCUT2D eigenvalue weighted by molar-refractivity contribution is 5.97. The van der Waals surface area contributed by atoms with Crippen molar-refractivity contribution in [3.05, 3.63) is 29.8 Å². The number of nitrogens with one attached hydrogen (secondary N) is 2. The van der Waals surface area contributed by atoms with E-state index in [1.54, 1.807) is 24.3 Å². The number of carbonyl (C=O) groups is 2. The highest BCUT2D eigenvalue weighted by atomic mass is 16.2. The van der Waals surface area contributed by atoms with Crippen LogP contribution >= 0.6 is 0 Å². The molecule has 120 valence electrons. The van der Waals surface area contributed by atoms with E-state index >= 15 is 0 Å². The summed E-state index contributed by atoms with van der Waals surface area (Å²) in [6.45, 7) is 2.65. The van der Waals surface area contributed by atoms with Crippen LogP contribution in [0.2, 0.25) is 0 Å². The highest BCUT2D eigenvalue weighted by Gasteiger charge is 2.26. The van der Waals surface area contributed by atoms with Crippen molar-refractivity contribution >= 4 is 17.5 Å². The summed E-state index contributed by atoms with van der Waals surface area (Å²) in [4.78, 5) is 24.0. The van der Waals surface area contributed by atoms with Gasteiger partial charge in [-0.2, -0.15) is 0 Å². The van der Waals surface area contributed by atoms with Crippen LogP contribution in [0.15, 0.2) is 24.3 Å². The van der Waals surface area contributed by atoms with E-state index in [0.717, 1.165) is 25.7 Å². The van der Waals surface area contributed by atoms with Crippen LogP contribution in [0.1, 0.15) is 49.4 Å². The van der Waals surface area contributed by atoms with Crippen LogP contribution in [0.3, 0.4) is 0 Å². The first-order valence-corrected chi connectivity index (χ1v) is 8.04. The van der Waals surface area contributed by atoms with E-state index in [9.17, 15) is 9.59 Å². The quantitative estimate of drug-likeness (QED) is 0.754. The third-order valence-electron chi connectivity index (χ3n) is 4.11. The van der Waals surface area contributed by atoms with Crippen LogP contribution in [0, 0.1) is 5.92 Å². The Morgan fingerprint density at radius 1 is 1.32 bits per heavy atom. The van der Waals surface area contributed by atoms with Gasteiger partial charge in [-0.3, -0.25) is 9.59 Å². The lowest BCUT2D eigenvalue weighted by atomic mass is 10.00. The lowest BCUT2D eigenvalue weighted by Gasteiger charge is -2.15. The van der Waals surface area contributed by atoms with Crippen molar-refractivity contribution in [2.75, 3.05) is 11.9 Å². The fraction of sp³-hybridized carbons (Fsp3) is 0.529. The van der Waals surface area contributed by atoms with Crippen LogP contribution in [-0.2, 0) is 4.79 Å². The number of nitrogens with two attached hydrogens (primary N) is 1. The van der Waals surface area contributed by atoms with Gasteiger partial charge in [-0.15, -0.1) is 0 Å². The first-order chi connectivity index (χ1) is 10.6. The minimum absolute atomic E-state index is 0.0338. The molecule has 2 amide bonds. The fourth-order valence-electron chi connectivity index (χ4n) is 2.85. The van der Waals surface area contributed by atoms with E-state index in [0.29, 0.717) is 24.2 Å². The second-order valence-corrected chi connectivity index (χ2v) is 5.94. The zero-order valence-corrected chi connectivity index (χ0v) is 13.1. The molecule has 0 saturated heterocycles. The number of hydrogen-bond acceptors (Lipinski definition) is 3. The van der Waals surface area contributed by atoms with Crippen molar-refractivity contribution in [2.45, 2.75) is 45.1 Å². The Bertz CT molecular complexity index is 530. The molecular weight excluding hydrogens is 278 g/mol. The van der Waals surface area contributed by atoms with Gasteiger partial charge in [-0.25, -0.2) is 0 Å². The van der Waals surface area contributed by atoms with Gasteiger partial charge in [0.1, 0.15) is 0 Å². The maximum atomic E-state index is 12.1. The van der Waals surface area contributed by atoms with Crippen molar-refractivity contribution in [1.82, 2.24) is 5.32 Å². The summed E-state index contributed by atoms with van der Waals surface area (Å²) in [6, 6.07) is 7.16. The summed E-state index contributed by atoms with van der Waals surface area (Å²) < 4.78 is 0. The van der Waals surface area contributed by atoms with Gasteiger partial charge in [-0.05, 0) is 43.4 Å². The number of hydrogen-bond donors (Lipinski definition) is 3. The molecule has 22 heavy (non-hydrogen) atoms. The Kier molecular flexibility index (Phi) is 5.95. The van der Waals surface area contributed by atoms with Crippen molar-refractivity contribution < 1.29 is 9.59 Å². The molecule has 2 atom stereocenters. The monoisotopic (exact) mass is 303 g/mol. The minimum atomic E-state index is -0.115. The minimum Gasteiger partial charge on any atom is -0.352 e. The summed E-state index contributed by atoms with van der Waals surface area (Å²) in [5.74, 6) is 0.125. The van der Waals surface area contributed by atoms with E-state index in [1.165, 1.54) is 0 Å². The molecule has 5 heteroatoms. The van der Waals surface area contributed by atoms with E-state index in [2.05, 4.69) is 10.6 Å². The zero-order valence-electron chi connectivity index (χ0n) is 13.1. The molecule has 1 aromatic carbocycles. The Morgan fingerprint density at radius 3 is 2.82 bits per heavy atom. The van der Waals surface area contributed by atoms with Crippen LogP contribution in [-0.4, -0.2) is 24.4 Å². The van der Waals surface area contributed by atoms with Crippen molar-refractivity contribution in [2.24, 2.45) is 11.7 Å². The van der Waals surface area contributed by atoms with E-state index < -0.39 is 0 Å². The first kappa shape index (κ1) is 16.5. The van der Waals surface area contributed by atoms with Crippen LogP contribution in [0.25, 0.3) is 0 Å². The largest absolute Gasteiger partial charge is 0.352 e. The van der Waals surface area contributed by atoms with Crippen LogP contribution in [0.4, 0.5) is 5.69 Å². The molecule has 0 aromatic heterocycles. The number of amides is 2. The zero-order chi connectivity index (χ0) is 15.9. The first-order valence-electron chi connectivity index (χ1n) is 8.04. The lowest BCUT2D eigenvalue weighted by molar-refractivity contribution is -0.117. The molecule has 0 bridgehead atoms. The average molecular weight is 303 g/mol. The second kappa shape index (κ2) is 7.94. The van der Waals surface area contributed by atoms with E-state index in [4.69, 9.17) is 5.73 Å². The number of rotatable bonds is 6. The molecule has 0 heterocycles. The van der Waals surface area contributed by atoms with Gasteiger partial charge in [0.05, 0.1) is 0 Å². The van der Waals surface area contributed by atoms with Gasteiger partial charge in [0.15, 0.2) is 0 Å². The molecule has 1 aromatic rings. The summed E-state index contributed by atoms with van der Waals surface area (Å²) in [7, 11) is 0. The molecular formula is C17H25N3O2. The molecule has 5 nitrogen and oxygen atoms in total. The van der Waals surface area contributed by atoms with Crippen molar-refractivity contribution in [3.63, 3.8) is 0 Å². The van der Waals surface area contributed by atoms with Crippen molar-refractivity contribution in [1.29, 1.82) is 0 Å². The van der Waals surface area contributed by atoms with Gasteiger partial charge >= 0.3 is 0 Å². The highest BCUT2D eigenvalue weighted by Crippen LogP contribution is 2.27. The summed E-state index contributed by atoms with van der Waals surface area (Å²) in [5, 5.41) is 5.69. The summed E-state index contributed by atoms with van der Waals surface area (Å²) in [5.41, 5.74) is 7.21. The molecule has 0 spiro atoms. The molecule has 0 aliphatic heterocycles. The van der Waals surface area contributed by atoms with Crippen molar-refractivity contribution in [3.8, 4) is 0 Å². The molecule has 1 saturated carbocycles. The molecule has 0 radical (unpaired) electrons. The van der Waals surface area contributed by atoms with Gasteiger partial charge in [0.2, 0.25) is 5.91 Å². The van der Waals surface area contributed by atoms with Crippen LogP contribution in [0.5, 0.6) is 0 Å². The Hall–Kier alpha value is -1.88. The third kappa shape index (κ3) is 4.56. The normalized spacial score (nSPS) is 20.6. The smallest absolute Gasteiger partial charge is 0.251 e. The van der Waals surface area contributed by atoms with Gasteiger partial charge in [0, 0.05) is 30.3 Å². The third-order valence-corrected chi connectivity index (χ3v) is 4.11. The average Bonchev–Trinajstić information content (AvgIpc) is 2.90. The summed E-state index contributed by atoms with van der Waals surface area (Å²) in [6.07, 6.45) is 4.47. The predicted octanol–water partition coefficient (Wildman–Crippen LogP) is 2.28. The maximum Gasteiger partial charge on any atom is 0.251 e. The van der Waals surface area contributed by atoms with E-state index in [1.807, 2.05) is 6.92 Å². The number of benzene rings is 1. The number of anilines is 1. The predicted molar refractivity (Wildman–Crippen MR) is 87.6 cm³/mol. The number of carbonyl (C=O) groups excluding carboxylic acids is 2. The van der Waals surface area contributed by atoms with E-state index in [-0.39, 0.29) is 23.8 Å². The standard InChI is InChI=1S/C17H25N3O2/c1-2-9-19-17(22)13-6-3-7-14(10-13)20-16(21)11-12-5-4-8-15(12)18/h3,6-7,10,12,15H,2,4-5,8-9,11,18H2,1H3,(H,19,22)(H,20,21)/t12-,15+/m0/s1. The summed E-state index contributed by atoms with van der Waals surface area (Å²) >= 11 is 0. The second-order valence-electron chi connectivity index (χ2n) is 5.94. The van der Waals surface area contributed by atoms with Gasteiger partial charge < -0.3 is 16.4 Å². The fourth-order valence-corrected chi connectivity index (χ4v) is 2.85. The SMILES string of the molecule is CCCNC(=O)c1cccc(NC(=O)C[C@@H]2CCC[C@H]2N)c1. The van der Waals surface area contributed by atoms with Gasteiger partial charge in [0.25, 0.3) is 5.91 Å². The Morgan fingerprint density at radius 2 is 2.14 bits per heavy atom. The molecule has 2 rings (SSSR count). The molecule has 1 fully saturated rings. The molecule has 4 N–H and O–H groups in total. The molecule has 1 aliphatic rings. The van der Waals surface area contributed by atoms with Crippen LogP contribution < -0.4 is 16.4 Å². The Balaban J connectivity index is 1.92.